The molecule has 2 heterocycles. The van der Waals surface area contributed by atoms with Crippen LogP contribution in [0.15, 0.2) is 70.3 Å². The summed E-state index contributed by atoms with van der Waals surface area (Å²) in [6.07, 6.45) is 0. The van der Waals surface area contributed by atoms with Gasteiger partial charge in [-0.25, -0.2) is 8.42 Å². The topological polar surface area (TPSA) is 62.0 Å². The van der Waals surface area contributed by atoms with Crippen molar-refractivity contribution >= 4 is 49.6 Å². The van der Waals surface area contributed by atoms with Crippen molar-refractivity contribution in [2.75, 3.05) is 4.72 Å². The molecule has 4 rings (SSSR count). The van der Waals surface area contributed by atoms with Gasteiger partial charge in [-0.1, -0.05) is 29.8 Å². The van der Waals surface area contributed by atoms with E-state index in [0.29, 0.717) is 10.7 Å². The third-order valence-electron chi connectivity index (χ3n) is 3.77. The second kappa shape index (κ2) is 6.22. The van der Waals surface area contributed by atoms with Crippen LogP contribution in [0.5, 0.6) is 0 Å². The molecule has 2 N–H and O–H groups in total. The van der Waals surface area contributed by atoms with Gasteiger partial charge in [0.1, 0.15) is 4.21 Å². The summed E-state index contributed by atoms with van der Waals surface area (Å²) >= 11 is 7.22. The number of sulfonamides is 1. The van der Waals surface area contributed by atoms with Gasteiger partial charge in [0.25, 0.3) is 10.0 Å². The lowest BCUT2D eigenvalue weighted by atomic mass is 10.1. The maximum atomic E-state index is 12.4. The van der Waals surface area contributed by atoms with Gasteiger partial charge in [-0.05, 0) is 47.8 Å². The fourth-order valence-corrected chi connectivity index (χ4v) is 4.85. The second-order valence-electron chi connectivity index (χ2n) is 5.53. The lowest BCUT2D eigenvalue weighted by Crippen LogP contribution is -2.11. The van der Waals surface area contributed by atoms with E-state index in [1.54, 1.807) is 29.6 Å². The number of thiophene rings is 1. The summed E-state index contributed by atoms with van der Waals surface area (Å²) in [5, 5.41) is 3.42. The first-order valence-electron chi connectivity index (χ1n) is 7.46. The monoisotopic (exact) mass is 388 g/mol. The summed E-state index contributed by atoms with van der Waals surface area (Å²) in [4.78, 5) is 3.32. The molecule has 0 saturated heterocycles. The van der Waals surface area contributed by atoms with Gasteiger partial charge in [0.05, 0.1) is 0 Å². The number of nitrogens with one attached hydrogen (secondary N) is 2. The van der Waals surface area contributed by atoms with Crippen LogP contribution >= 0.6 is 22.9 Å². The Morgan fingerprint density at radius 2 is 1.88 bits per heavy atom. The first kappa shape index (κ1) is 16.2. The number of aromatic nitrogens is 1. The highest BCUT2D eigenvalue weighted by atomic mass is 35.5. The van der Waals surface area contributed by atoms with Gasteiger partial charge in [-0.2, -0.15) is 0 Å². The maximum Gasteiger partial charge on any atom is 0.271 e. The summed E-state index contributed by atoms with van der Waals surface area (Å²) in [5.74, 6) is 0. The Balaban J connectivity index is 1.69. The van der Waals surface area contributed by atoms with E-state index in [2.05, 4.69) is 9.71 Å². The molecule has 4 aromatic rings. The normalized spacial score (nSPS) is 11.7. The van der Waals surface area contributed by atoms with E-state index in [4.69, 9.17) is 11.6 Å². The summed E-state index contributed by atoms with van der Waals surface area (Å²) in [5.41, 5.74) is 3.28. The Labute approximate surface area is 154 Å². The molecule has 0 bridgehead atoms. The Morgan fingerprint density at radius 1 is 1.00 bits per heavy atom. The third-order valence-corrected chi connectivity index (χ3v) is 6.78. The Kier molecular flexibility index (Phi) is 4.03. The van der Waals surface area contributed by atoms with Crippen LogP contribution in [-0.2, 0) is 10.0 Å². The second-order valence-corrected chi connectivity index (χ2v) is 8.83. The van der Waals surface area contributed by atoms with Crippen molar-refractivity contribution in [2.45, 2.75) is 4.21 Å². The van der Waals surface area contributed by atoms with Crippen molar-refractivity contribution in [3.63, 3.8) is 0 Å². The first-order valence-corrected chi connectivity index (χ1v) is 10.2. The van der Waals surface area contributed by atoms with Crippen molar-refractivity contribution in [2.24, 2.45) is 0 Å². The summed E-state index contributed by atoms with van der Waals surface area (Å²) in [6, 6.07) is 18.2. The zero-order valence-electron chi connectivity index (χ0n) is 12.9. The van der Waals surface area contributed by atoms with Crippen LogP contribution in [0.1, 0.15) is 0 Å². The zero-order valence-corrected chi connectivity index (χ0v) is 15.3. The average molecular weight is 389 g/mol. The molecule has 0 aliphatic carbocycles. The van der Waals surface area contributed by atoms with Crippen molar-refractivity contribution in [3.05, 3.63) is 71.1 Å². The van der Waals surface area contributed by atoms with Gasteiger partial charge >= 0.3 is 0 Å². The average Bonchev–Trinajstić information content (AvgIpc) is 3.24. The number of benzene rings is 2. The molecule has 0 aliphatic rings. The molecule has 4 nitrogen and oxygen atoms in total. The highest BCUT2D eigenvalue weighted by molar-refractivity contribution is 7.94. The maximum absolute atomic E-state index is 12.4. The van der Waals surface area contributed by atoms with Gasteiger partial charge in [-0.3, -0.25) is 4.72 Å². The van der Waals surface area contributed by atoms with E-state index in [1.807, 2.05) is 36.4 Å². The largest absolute Gasteiger partial charge is 0.355 e. The predicted molar refractivity (Wildman–Crippen MR) is 104 cm³/mol. The number of anilines is 1. The lowest BCUT2D eigenvalue weighted by Gasteiger charge is -2.07. The highest BCUT2D eigenvalue weighted by Gasteiger charge is 2.15. The number of fused-ring (bicyclic) bond motifs is 1. The fraction of sp³-hybridized carbons (Fsp3) is 0. The van der Waals surface area contributed by atoms with E-state index in [-0.39, 0.29) is 4.21 Å². The van der Waals surface area contributed by atoms with Crippen LogP contribution in [0.4, 0.5) is 5.69 Å². The van der Waals surface area contributed by atoms with Crippen LogP contribution in [0.3, 0.4) is 0 Å². The van der Waals surface area contributed by atoms with Gasteiger partial charge in [0.2, 0.25) is 0 Å². The number of halogens is 1. The highest BCUT2D eigenvalue weighted by Crippen LogP contribution is 2.28. The van der Waals surface area contributed by atoms with Crippen LogP contribution in [-0.4, -0.2) is 13.4 Å². The quantitative estimate of drug-likeness (QED) is 0.495. The van der Waals surface area contributed by atoms with Crippen molar-refractivity contribution < 1.29 is 8.42 Å². The van der Waals surface area contributed by atoms with Gasteiger partial charge in [-0.15, -0.1) is 11.3 Å². The number of hydrogen-bond acceptors (Lipinski definition) is 3. The predicted octanol–water partition coefficient (Wildman–Crippen LogP) is 5.35. The molecule has 0 radical (unpaired) electrons. The Bertz CT molecular complexity index is 1150. The van der Waals surface area contributed by atoms with Crippen molar-refractivity contribution in [3.8, 4) is 11.3 Å². The molecular weight excluding hydrogens is 376 g/mol. The summed E-state index contributed by atoms with van der Waals surface area (Å²) < 4.78 is 27.6. The van der Waals surface area contributed by atoms with Gasteiger partial charge in [0, 0.05) is 32.9 Å². The Morgan fingerprint density at radius 3 is 2.68 bits per heavy atom. The van der Waals surface area contributed by atoms with Crippen LogP contribution in [0, 0.1) is 0 Å². The first-order chi connectivity index (χ1) is 12.0. The molecule has 0 spiro atoms. The smallest absolute Gasteiger partial charge is 0.271 e. The third kappa shape index (κ3) is 3.28. The molecular formula is C18H13ClN2O2S2. The minimum Gasteiger partial charge on any atom is -0.355 e. The Hall–Kier alpha value is -2.28. The van der Waals surface area contributed by atoms with Crippen molar-refractivity contribution in [1.82, 2.24) is 4.98 Å². The lowest BCUT2D eigenvalue weighted by molar-refractivity contribution is 0.603. The molecule has 0 atom stereocenters. The zero-order chi connectivity index (χ0) is 17.4. The molecule has 0 amide bonds. The van der Waals surface area contributed by atoms with Gasteiger partial charge in [0.15, 0.2) is 0 Å². The van der Waals surface area contributed by atoms with E-state index in [1.165, 1.54) is 11.3 Å². The van der Waals surface area contributed by atoms with E-state index in [0.717, 1.165) is 22.2 Å². The summed E-state index contributed by atoms with van der Waals surface area (Å²) in [7, 11) is -3.56. The van der Waals surface area contributed by atoms with E-state index in [9.17, 15) is 8.42 Å². The van der Waals surface area contributed by atoms with Crippen LogP contribution in [0.2, 0.25) is 5.02 Å². The molecule has 0 aliphatic heterocycles. The van der Waals surface area contributed by atoms with E-state index >= 15 is 0 Å². The van der Waals surface area contributed by atoms with E-state index < -0.39 is 10.0 Å². The minimum absolute atomic E-state index is 0.290. The standard InChI is InChI=1S/C18H13ClN2O2S2/c19-14-6-7-16-13(9-14)11-17(20-16)12-3-1-4-15(10-12)21-25(22,23)18-5-2-8-24-18/h1-11,20-21H. The molecule has 7 heteroatoms. The molecule has 2 aromatic heterocycles. The molecule has 0 unspecified atom stereocenters. The van der Waals surface area contributed by atoms with Crippen molar-refractivity contribution in [1.29, 1.82) is 0 Å². The van der Waals surface area contributed by atoms with Crippen LogP contribution < -0.4 is 4.72 Å². The van der Waals surface area contributed by atoms with Crippen LogP contribution in [0.25, 0.3) is 22.2 Å². The number of aromatic amines is 1. The molecule has 0 fully saturated rings. The SMILES string of the molecule is O=S(=O)(Nc1cccc(-c2cc3cc(Cl)ccc3[nH]2)c1)c1cccs1. The summed E-state index contributed by atoms with van der Waals surface area (Å²) in [6.45, 7) is 0. The number of rotatable bonds is 4. The molecule has 25 heavy (non-hydrogen) atoms. The minimum atomic E-state index is -3.56. The molecule has 2 aromatic carbocycles. The molecule has 126 valence electrons. The number of H-pyrrole nitrogens is 1. The number of hydrogen-bond donors (Lipinski definition) is 2. The van der Waals surface area contributed by atoms with Gasteiger partial charge < -0.3 is 4.98 Å². The fourth-order valence-electron chi connectivity index (χ4n) is 2.63. The molecule has 0 saturated carbocycles.